The Kier molecular flexibility index (Phi) is 3.96. The minimum atomic E-state index is -5.51. The standard InChI is InChI=1S/C7H7BrF6N4/c1-18-3(5(8)16-17-18)2(15)4(6(9,10)11)7(12,13)14/h2,4H,15H2,1H3. The average molecular weight is 341 g/mol. The molecule has 0 aromatic carbocycles. The summed E-state index contributed by atoms with van der Waals surface area (Å²) >= 11 is 2.71. The molecule has 0 aliphatic heterocycles. The van der Waals surface area contributed by atoms with Crippen molar-refractivity contribution >= 4 is 15.9 Å². The summed E-state index contributed by atoms with van der Waals surface area (Å²) in [5.74, 6) is -3.68. The molecular formula is C7H7BrF6N4. The van der Waals surface area contributed by atoms with E-state index in [-0.39, 0.29) is 4.60 Å². The molecule has 2 N–H and O–H groups in total. The van der Waals surface area contributed by atoms with Gasteiger partial charge in [-0.05, 0) is 15.9 Å². The van der Waals surface area contributed by atoms with E-state index in [0.29, 0.717) is 0 Å². The summed E-state index contributed by atoms with van der Waals surface area (Å²) in [7, 11) is 1.15. The quantitative estimate of drug-likeness (QED) is 0.840. The summed E-state index contributed by atoms with van der Waals surface area (Å²) in [6.45, 7) is 0. The van der Waals surface area contributed by atoms with Crippen LogP contribution in [0.3, 0.4) is 0 Å². The van der Waals surface area contributed by atoms with Gasteiger partial charge in [0.25, 0.3) is 0 Å². The van der Waals surface area contributed by atoms with Crippen molar-refractivity contribution in [1.29, 1.82) is 0 Å². The molecular weight excluding hydrogens is 334 g/mol. The normalized spacial score (nSPS) is 15.2. The largest absolute Gasteiger partial charge is 0.402 e. The Morgan fingerprint density at radius 1 is 1.17 bits per heavy atom. The number of nitrogens with two attached hydrogens (primary N) is 1. The number of rotatable bonds is 2. The van der Waals surface area contributed by atoms with Crippen molar-refractivity contribution in [2.24, 2.45) is 18.7 Å². The molecule has 0 amide bonds. The first-order chi connectivity index (χ1) is 7.96. The van der Waals surface area contributed by atoms with E-state index in [1.807, 2.05) is 0 Å². The van der Waals surface area contributed by atoms with E-state index in [1.165, 1.54) is 0 Å². The minimum absolute atomic E-state index is 0.254. The van der Waals surface area contributed by atoms with Crippen LogP contribution in [-0.4, -0.2) is 27.3 Å². The molecule has 11 heteroatoms. The topological polar surface area (TPSA) is 56.7 Å². The summed E-state index contributed by atoms with van der Waals surface area (Å²) in [6, 6.07) is -2.35. The molecule has 0 saturated carbocycles. The molecule has 18 heavy (non-hydrogen) atoms. The Morgan fingerprint density at radius 3 is 1.89 bits per heavy atom. The number of hydrogen-bond acceptors (Lipinski definition) is 3. The zero-order valence-electron chi connectivity index (χ0n) is 8.72. The van der Waals surface area contributed by atoms with Crippen LogP contribution in [0.5, 0.6) is 0 Å². The fraction of sp³-hybridized carbons (Fsp3) is 0.714. The lowest BCUT2D eigenvalue weighted by Crippen LogP contribution is -2.44. The van der Waals surface area contributed by atoms with E-state index in [0.717, 1.165) is 11.7 Å². The number of hydrogen-bond donors (Lipinski definition) is 1. The lowest BCUT2D eigenvalue weighted by molar-refractivity contribution is -0.290. The van der Waals surface area contributed by atoms with E-state index in [2.05, 4.69) is 26.2 Å². The maximum absolute atomic E-state index is 12.5. The maximum atomic E-state index is 12.5. The zero-order chi connectivity index (χ0) is 14.3. The second-order valence-electron chi connectivity index (χ2n) is 3.48. The lowest BCUT2D eigenvalue weighted by atomic mass is 9.96. The second-order valence-corrected chi connectivity index (χ2v) is 4.23. The van der Waals surface area contributed by atoms with E-state index < -0.39 is 30.0 Å². The first kappa shape index (κ1) is 15.2. The molecule has 0 aliphatic rings. The molecule has 4 nitrogen and oxygen atoms in total. The Bertz CT molecular complexity index is 391. The van der Waals surface area contributed by atoms with Crippen molar-refractivity contribution in [1.82, 2.24) is 15.0 Å². The van der Waals surface area contributed by atoms with Crippen molar-refractivity contribution in [2.45, 2.75) is 18.4 Å². The van der Waals surface area contributed by atoms with Crippen molar-refractivity contribution in [3.63, 3.8) is 0 Å². The Hall–Kier alpha value is -0.840. The second kappa shape index (κ2) is 4.68. The van der Waals surface area contributed by atoms with Crippen molar-refractivity contribution in [3.05, 3.63) is 10.3 Å². The number of aryl methyl sites for hydroxylation is 1. The van der Waals surface area contributed by atoms with Gasteiger partial charge in [0.05, 0.1) is 11.7 Å². The molecule has 1 aromatic heterocycles. The predicted molar refractivity (Wildman–Crippen MR) is 51.2 cm³/mol. The van der Waals surface area contributed by atoms with Crippen LogP contribution in [0, 0.1) is 5.92 Å². The molecule has 0 radical (unpaired) electrons. The zero-order valence-corrected chi connectivity index (χ0v) is 10.3. The molecule has 1 heterocycles. The summed E-state index contributed by atoms with van der Waals surface area (Å²) < 4.78 is 75.2. The number of alkyl halides is 6. The highest BCUT2D eigenvalue weighted by molar-refractivity contribution is 9.10. The summed E-state index contributed by atoms with van der Waals surface area (Å²) in [5, 5.41) is 6.59. The maximum Gasteiger partial charge on any atom is 0.402 e. The van der Waals surface area contributed by atoms with E-state index in [9.17, 15) is 26.3 Å². The van der Waals surface area contributed by atoms with Crippen LogP contribution in [0.25, 0.3) is 0 Å². The third-order valence-electron chi connectivity index (χ3n) is 2.21. The molecule has 1 atom stereocenters. The first-order valence-corrected chi connectivity index (χ1v) is 5.19. The van der Waals surface area contributed by atoms with Gasteiger partial charge in [-0.1, -0.05) is 5.21 Å². The molecule has 0 saturated heterocycles. The van der Waals surface area contributed by atoms with Crippen molar-refractivity contribution in [2.75, 3.05) is 0 Å². The average Bonchev–Trinajstić information content (AvgIpc) is 2.40. The van der Waals surface area contributed by atoms with Gasteiger partial charge in [0.2, 0.25) is 0 Å². The monoisotopic (exact) mass is 340 g/mol. The third kappa shape index (κ3) is 2.94. The van der Waals surface area contributed by atoms with Gasteiger partial charge in [-0.15, -0.1) is 5.10 Å². The fourth-order valence-electron chi connectivity index (χ4n) is 1.44. The summed E-state index contributed by atoms with van der Waals surface area (Å²) in [4.78, 5) is 0. The first-order valence-electron chi connectivity index (χ1n) is 4.40. The molecule has 0 bridgehead atoms. The Morgan fingerprint density at radius 2 is 1.61 bits per heavy atom. The molecule has 0 aliphatic carbocycles. The van der Waals surface area contributed by atoms with Crippen molar-refractivity contribution < 1.29 is 26.3 Å². The number of aromatic nitrogens is 3. The van der Waals surface area contributed by atoms with Gasteiger partial charge in [-0.2, -0.15) is 26.3 Å². The molecule has 104 valence electrons. The SMILES string of the molecule is Cn1nnc(Br)c1C(N)C(C(F)(F)F)C(F)(F)F. The molecule has 1 rings (SSSR count). The minimum Gasteiger partial charge on any atom is -0.322 e. The van der Waals surface area contributed by atoms with Crippen LogP contribution in [-0.2, 0) is 7.05 Å². The van der Waals surface area contributed by atoms with Gasteiger partial charge in [0.1, 0.15) is 0 Å². The van der Waals surface area contributed by atoms with Gasteiger partial charge in [-0.3, -0.25) is 0 Å². The van der Waals surface area contributed by atoms with Gasteiger partial charge < -0.3 is 5.73 Å². The fourth-order valence-corrected chi connectivity index (χ4v) is 2.04. The summed E-state index contributed by atoms with van der Waals surface area (Å²) in [6.07, 6.45) is -11.0. The van der Waals surface area contributed by atoms with Crippen LogP contribution in [0.2, 0.25) is 0 Å². The Balaban J connectivity index is 3.24. The summed E-state index contributed by atoms with van der Waals surface area (Å²) in [5.41, 5.74) is 4.61. The Labute approximate surface area is 105 Å². The van der Waals surface area contributed by atoms with Gasteiger partial charge in [0.15, 0.2) is 10.5 Å². The van der Waals surface area contributed by atoms with Gasteiger partial charge in [-0.25, -0.2) is 4.68 Å². The van der Waals surface area contributed by atoms with E-state index in [4.69, 9.17) is 5.73 Å². The van der Waals surface area contributed by atoms with Crippen LogP contribution < -0.4 is 5.73 Å². The van der Waals surface area contributed by atoms with Crippen LogP contribution in [0.1, 0.15) is 11.7 Å². The van der Waals surface area contributed by atoms with Crippen molar-refractivity contribution in [3.8, 4) is 0 Å². The highest BCUT2D eigenvalue weighted by Crippen LogP contribution is 2.46. The lowest BCUT2D eigenvalue weighted by Gasteiger charge is -2.28. The molecule has 1 unspecified atom stereocenters. The molecule has 0 fully saturated rings. The predicted octanol–water partition coefficient (Wildman–Crippen LogP) is 2.32. The third-order valence-corrected chi connectivity index (χ3v) is 2.77. The van der Waals surface area contributed by atoms with Crippen LogP contribution in [0.4, 0.5) is 26.3 Å². The molecule has 1 aromatic rings. The smallest absolute Gasteiger partial charge is 0.322 e. The van der Waals surface area contributed by atoms with E-state index >= 15 is 0 Å². The highest BCUT2D eigenvalue weighted by atomic mass is 79.9. The highest BCUT2D eigenvalue weighted by Gasteiger charge is 2.60. The van der Waals surface area contributed by atoms with Crippen LogP contribution in [0.15, 0.2) is 4.60 Å². The van der Waals surface area contributed by atoms with Crippen LogP contribution >= 0.6 is 15.9 Å². The van der Waals surface area contributed by atoms with Gasteiger partial charge in [0, 0.05) is 7.05 Å². The van der Waals surface area contributed by atoms with E-state index in [1.54, 1.807) is 0 Å². The number of nitrogens with zero attached hydrogens (tertiary/aromatic N) is 3. The van der Waals surface area contributed by atoms with Gasteiger partial charge >= 0.3 is 12.4 Å². The number of halogens is 7. The molecule has 0 spiro atoms.